The highest BCUT2D eigenvalue weighted by molar-refractivity contribution is 6.42. The zero-order chi connectivity index (χ0) is 15.0. The van der Waals surface area contributed by atoms with Crippen molar-refractivity contribution < 1.29 is 4.79 Å². The average Bonchev–Trinajstić information content (AvgIpc) is 3.12. The van der Waals surface area contributed by atoms with Gasteiger partial charge in [-0.2, -0.15) is 0 Å². The fraction of sp³-hybridized carbons (Fsp3) is 0.562. The zero-order valence-electron chi connectivity index (χ0n) is 12.1. The van der Waals surface area contributed by atoms with Gasteiger partial charge in [0.2, 0.25) is 5.91 Å². The Hall–Kier alpha value is -0.770. The molecule has 1 saturated carbocycles. The fourth-order valence-electron chi connectivity index (χ4n) is 3.34. The standard InChI is InChI=1S/C16H20Cl2N2O/c1-19-8-10-5-6-20(9-10)16(21)13-7-12(13)11-3-2-4-14(17)15(11)18/h2-4,10,12-13,19H,5-9H2,1H3/t10-,12+,13+/m0/s1. The maximum atomic E-state index is 12.6. The van der Waals surface area contributed by atoms with Gasteiger partial charge in [-0.15, -0.1) is 0 Å². The van der Waals surface area contributed by atoms with Crippen molar-refractivity contribution in [3.63, 3.8) is 0 Å². The number of halogens is 2. The van der Waals surface area contributed by atoms with Crippen molar-refractivity contribution in [3.8, 4) is 0 Å². The summed E-state index contributed by atoms with van der Waals surface area (Å²) in [5.74, 6) is 1.21. The van der Waals surface area contributed by atoms with Gasteiger partial charge in [0.25, 0.3) is 0 Å². The molecule has 2 aliphatic rings. The summed E-state index contributed by atoms with van der Waals surface area (Å²) in [5, 5.41) is 4.37. The molecule has 1 N–H and O–H groups in total. The number of amides is 1. The predicted octanol–water partition coefficient (Wildman–Crippen LogP) is 3.16. The highest BCUT2D eigenvalue weighted by atomic mass is 35.5. The summed E-state index contributed by atoms with van der Waals surface area (Å²) < 4.78 is 0. The van der Waals surface area contributed by atoms with Gasteiger partial charge < -0.3 is 10.2 Å². The van der Waals surface area contributed by atoms with E-state index in [0.717, 1.165) is 38.0 Å². The monoisotopic (exact) mass is 326 g/mol. The van der Waals surface area contributed by atoms with E-state index >= 15 is 0 Å². The van der Waals surface area contributed by atoms with Gasteiger partial charge in [-0.3, -0.25) is 4.79 Å². The minimum absolute atomic E-state index is 0.0919. The van der Waals surface area contributed by atoms with E-state index in [2.05, 4.69) is 5.32 Å². The Labute approximate surface area is 135 Å². The molecule has 1 aliphatic carbocycles. The van der Waals surface area contributed by atoms with Gasteiger partial charge in [-0.25, -0.2) is 0 Å². The van der Waals surface area contributed by atoms with Gasteiger partial charge in [-0.05, 0) is 49.9 Å². The molecule has 2 fully saturated rings. The third-order valence-electron chi connectivity index (χ3n) is 4.58. The van der Waals surface area contributed by atoms with Crippen molar-refractivity contribution in [1.29, 1.82) is 0 Å². The minimum atomic E-state index is 0.0919. The molecule has 3 atom stereocenters. The second kappa shape index (κ2) is 6.15. The van der Waals surface area contributed by atoms with Gasteiger partial charge in [0.05, 0.1) is 10.0 Å². The molecule has 0 aromatic heterocycles. The number of carbonyl (C=O) groups is 1. The molecule has 3 rings (SSSR count). The first kappa shape index (κ1) is 15.1. The Morgan fingerprint density at radius 1 is 1.43 bits per heavy atom. The Morgan fingerprint density at radius 3 is 3.00 bits per heavy atom. The fourth-order valence-corrected chi connectivity index (χ4v) is 3.79. The van der Waals surface area contributed by atoms with Gasteiger partial charge in [-0.1, -0.05) is 35.3 Å². The lowest BCUT2D eigenvalue weighted by atomic mass is 10.1. The van der Waals surface area contributed by atoms with E-state index in [1.807, 2.05) is 24.1 Å². The van der Waals surface area contributed by atoms with Crippen LogP contribution < -0.4 is 5.32 Å². The SMILES string of the molecule is CNC[C@@H]1CCN(C(=O)[C@@H]2C[C@@H]2c2cccc(Cl)c2Cl)C1. The van der Waals surface area contributed by atoms with Gasteiger partial charge in [0.15, 0.2) is 0 Å². The summed E-state index contributed by atoms with van der Waals surface area (Å²) >= 11 is 12.3. The lowest BCUT2D eigenvalue weighted by molar-refractivity contribution is -0.131. The third-order valence-corrected chi connectivity index (χ3v) is 5.41. The van der Waals surface area contributed by atoms with Crippen molar-refractivity contribution in [2.75, 3.05) is 26.7 Å². The summed E-state index contributed by atoms with van der Waals surface area (Å²) in [6, 6.07) is 5.68. The van der Waals surface area contributed by atoms with Crippen LogP contribution in [0.25, 0.3) is 0 Å². The van der Waals surface area contributed by atoms with E-state index in [0.29, 0.717) is 16.0 Å². The van der Waals surface area contributed by atoms with Crippen molar-refractivity contribution in [2.45, 2.75) is 18.8 Å². The lowest BCUT2D eigenvalue weighted by Gasteiger charge is -2.17. The number of hydrogen-bond acceptors (Lipinski definition) is 2. The average molecular weight is 327 g/mol. The van der Waals surface area contributed by atoms with Crippen LogP contribution in [0.5, 0.6) is 0 Å². The van der Waals surface area contributed by atoms with Crippen LogP contribution in [0, 0.1) is 11.8 Å². The number of carbonyl (C=O) groups excluding carboxylic acids is 1. The molecule has 0 spiro atoms. The largest absolute Gasteiger partial charge is 0.342 e. The van der Waals surface area contributed by atoms with Crippen LogP contribution in [0.4, 0.5) is 0 Å². The van der Waals surface area contributed by atoms with Gasteiger partial charge in [0, 0.05) is 19.0 Å². The van der Waals surface area contributed by atoms with Crippen LogP contribution in [-0.4, -0.2) is 37.5 Å². The van der Waals surface area contributed by atoms with Crippen LogP contribution in [-0.2, 0) is 4.79 Å². The molecule has 1 amide bonds. The summed E-state index contributed by atoms with van der Waals surface area (Å²) in [6.45, 7) is 2.75. The second-order valence-corrected chi connectivity index (χ2v) is 6.87. The summed E-state index contributed by atoms with van der Waals surface area (Å²) in [4.78, 5) is 14.6. The molecule has 5 heteroatoms. The number of likely N-dealkylation sites (tertiary alicyclic amines) is 1. The maximum absolute atomic E-state index is 12.6. The van der Waals surface area contributed by atoms with E-state index < -0.39 is 0 Å². The van der Waals surface area contributed by atoms with E-state index in [4.69, 9.17) is 23.2 Å². The van der Waals surface area contributed by atoms with E-state index in [-0.39, 0.29) is 17.7 Å². The normalized spacial score (nSPS) is 28.0. The molecule has 0 unspecified atom stereocenters. The van der Waals surface area contributed by atoms with Crippen LogP contribution in [0.1, 0.15) is 24.3 Å². The Kier molecular flexibility index (Phi) is 4.43. The number of benzene rings is 1. The molecule has 0 radical (unpaired) electrons. The van der Waals surface area contributed by atoms with E-state index in [9.17, 15) is 4.79 Å². The molecule has 1 saturated heterocycles. The molecule has 1 aromatic rings. The Morgan fingerprint density at radius 2 is 2.24 bits per heavy atom. The molecule has 1 aliphatic heterocycles. The van der Waals surface area contributed by atoms with Gasteiger partial charge in [0.1, 0.15) is 0 Å². The maximum Gasteiger partial charge on any atom is 0.226 e. The van der Waals surface area contributed by atoms with Crippen LogP contribution >= 0.6 is 23.2 Å². The molecule has 3 nitrogen and oxygen atoms in total. The number of nitrogens with zero attached hydrogens (tertiary/aromatic N) is 1. The lowest BCUT2D eigenvalue weighted by Crippen LogP contribution is -2.31. The molecule has 1 aromatic carbocycles. The molecule has 0 bridgehead atoms. The first-order valence-corrected chi connectivity index (χ1v) is 8.24. The molecule has 114 valence electrons. The van der Waals surface area contributed by atoms with Gasteiger partial charge >= 0.3 is 0 Å². The summed E-state index contributed by atoms with van der Waals surface area (Å²) in [7, 11) is 1.96. The smallest absolute Gasteiger partial charge is 0.226 e. The molecule has 21 heavy (non-hydrogen) atoms. The third kappa shape index (κ3) is 3.05. The number of rotatable bonds is 4. The second-order valence-electron chi connectivity index (χ2n) is 6.09. The quantitative estimate of drug-likeness (QED) is 0.921. The highest BCUT2D eigenvalue weighted by Crippen LogP contribution is 2.51. The van der Waals surface area contributed by atoms with Crippen molar-refractivity contribution in [2.24, 2.45) is 11.8 Å². The van der Waals surface area contributed by atoms with Crippen molar-refractivity contribution >= 4 is 29.1 Å². The van der Waals surface area contributed by atoms with Crippen LogP contribution in [0.15, 0.2) is 18.2 Å². The van der Waals surface area contributed by atoms with Crippen LogP contribution in [0.2, 0.25) is 10.0 Å². The molecular formula is C16H20Cl2N2O. The molecule has 1 heterocycles. The first-order valence-electron chi connectivity index (χ1n) is 7.49. The number of nitrogens with one attached hydrogen (secondary N) is 1. The topological polar surface area (TPSA) is 32.3 Å². The Bertz CT molecular complexity index is 549. The van der Waals surface area contributed by atoms with Crippen molar-refractivity contribution in [1.82, 2.24) is 10.2 Å². The van der Waals surface area contributed by atoms with Crippen molar-refractivity contribution in [3.05, 3.63) is 33.8 Å². The van der Waals surface area contributed by atoms with Crippen LogP contribution in [0.3, 0.4) is 0 Å². The zero-order valence-corrected chi connectivity index (χ0v) is 13.6. The first-order chi connectivity index (χ1) is 10.1. The summed E-state index contributed by atoms with van der Waals surface area (Å²) in [6.07, 6.45) is 1.99. The Balaban J connectivity index is 1.63. The minimum Gasteiger partial charge on any atom is -0.342 e. The predicted molar refractivity (Wildman–Crippen MR) is 85.9 cm³/mol. The van der Waals surface area contributed by atoms with E-state index in [1.54, 1.807) is 6.07 Å². The highest BCUT2D eigenvalue weighted by Gasteiger charge is 2.47. The number of hydrogen-bond donors (Lipinski definition) is 1. The summed E-state index contributed by atoms with van der Waals surface area (Å²) in [5.41, 5.74) is 1.02. The molecular weight excluding hydrogens is 307 g/mol. The van der Waals surface area contributed by atoms with E-state index in [1.165, 1.54) is 0 Å².